The Bertz CT molecular complexity index is 1300. The number of methoxy groups -OCH3 is 1. The van der Waals surface area contributed by atoms with Gasteiger partial charge in [-0.05, 0) is 60.9 Å². The average Bonchev–Trinajstić information content (AvgIpc) is 3.31. The summed E-state index contributed by atoms with van der Waals surface area (Å²) in [6.07, 6.45) is -5.88. The fourth-order valence-corrected chi connectivity index (χ4v) is 6.40. The van der Waals surface area contributed by atoms with Crippen molar-refractivity contribution in [3.8, 4) is 5.75 Å². The maximum Gasteiger partial charge on any atom is 0.416 e. The molecule has 2 aromatic carbocycles. The first-order chi connectivity index (χ1) is 20.2. The predicted molar refractivity (Wildman–Crippen MR) is 151 cm³/mol. The van der Waals surface area contributed by atoms with Gasteiger partial charge >= 0.3 is 12.1 Å². The Hall–Kier alpha value is -3.15. The second kappa shape index (κ2) is 12.8. The van der Waals surface area contributed by atoms with Crippen molar-refractivity contribution in [1.29, 1.82) is 0 Å². The number of hydrogen-bond acceptors (Lipinski definition) is 6. The SMILES string of the molecule is COc1ccc(C(F)(F)F)cc1C(O)CO[C@H]1[C@H](C(C)(C)C)[C@@H](C(=O)O)N(C(=O)[C@@H]2CCCCO2)[C@H]1c1ccccc1C. The lowest BCUT2D eigenvalue weighted by atomic mass is 9.73. The molecule has 1 unspecified atom stereocenters. The molecule has 0 radical (unpaired) electrons. The fourth-order valence-electron chi connectivity index (χ4n) is 6.40. The van der Waals surface area contributed by atoms with Gasteiger partial charge < -0.3 is 29.3 Å². The molecule has 8 nitrogen and oxygen atoms in total. The van der Waals surface area contributed by atoms with Crippen LogP contribution in [-0.2, 0) is 25.2 Å². The number of aliphatic hydroxyl groups is 1. The molecule has 1 amide bonds. The number of carboxylic acid groups (broad SMARTS) is 1. The van der Waals surface area contributed by atoms with Crippen molar-refractivity contribution in [3.63, 3.8) is 0 Å². The largest absolute Gasteiger partial charge is 0.496 e. The van der Waals surface area contributed by atoms with Gasteiger partial charge in [0.25, 0.3) is 5.91 Å². The lowest BCUT2D eigenvalue weighted by Gasteiger charge is -2.35. The Balaban J connectivity index is 1.79. The zero-order valence-corrected chi connectivity index (χ0v) is 25.1. The summed E-state index contributed by atoms with van der Waals surface area (Å²) < 4.78 is 57.9. The Labute approximate surface area is 249 Å². The van der Waals surface area contributed by atoms with Gasteiger partial charge in [-0.1, -0.05) is 45.0 Å². The number of aliphatic hydroxyl groups excluding tert-OH is 1. The number of alkyl halides is 3. The number of hydrogen-bond donors (Lipinski definition) is 2. The molecule has 2 aliphatic heterocycles. The highest BCUT2D eigenvalue weighted by Gasteiger charge is 2.59. The summed E-state index contributed by atoms with van der Waals surface area (Å²) in [5.41, 5.74) is -0.282. The van der Waals surface area contributed by atoms with Crippen LogP contribution in [0.4, 0.5) is 13.2 Å². The number of likely N-dealkylation sites (tertiary alicyclic amines) is 1. The molecule has 236 valence electrons. The van der Waals surface area contributed by atoms with Crippen molar-refractivity contribution in [2.75, 3.05) is 20.3 Å². The molecule has 2 aromatic rings. The quantitative estimate of drug-likeness (QED) is 0.396. The number of carbonyl (C=O) groups excluding carboxylic acids is 1. The smallest absolute Gasteiger partial charge is 0.416 e. The van der Waals surface area contributed by atoms with Crippen molar-refractivity contribution < 1.29 is 47.2 Å². The van der Waals surface area contributed by atoms with E-state index in [1.807, 2.05) is 45.9 Å². The van der Waals surface area contributed by atoms with Gasteiger partial charge in [-0.2, -0.15) is 13.2 Å². The number of nitrogens with zero attached hydrogens (tertiary/aromatic N) is 1. The van der Waals surface area contributed by atoms with Crippen molar-refractivity contribution >= 4 is 11.9 Å². The van der Waals surface area contributed by atoms with E-state index >= 15 is 0 Å². The van der Waals surface area contributed by atoms with Crippen LogP contribution in [0, 0.1) is 18.3 Å². The molecule has 4 rings (SSSR count). The van der Waals surface area contributed by atoms with E-state index in [-0.39, 0.29) is 11.3 Å². The Morgan fingerprint density at radius 1 is 1.12 bits per heavy atom. The van der Waals surface area contributed by atoms with Crippen LogP contribution in [-0.4, -0.2) is 65.6 Å². The highest BCUT2D eigenvalue weighted by Crippen LogP contribution is 2.51. The van der Waals surface area contributed by atoms with E-state index in [1.165, 1.54) is 12.0 Å². The lowest BCUT2D eigenvalue weighted by Crippen LogP contribution is -2.51. The Morgan fingerprint density at radius 3 is 2.37 bits per heavy atom. The molecule has 2 N–H and O–H groups in total. The number of halogens is 3. The van der Waals surface area contributed by atoms with E-state index in [0.717, 1.165) is 36.6 Å². The molecule has 2 fully saturated rings. The molecule has 0 bridgehead atoms. The van der Waals surface area contributed by atoms with Crippen LogP contribution in [0.2, 0.25) is 0 Å². The third-order valence-electron chi connectivity index (χ3n) is 8.44. The van der Waals surface area contributed by atoms with Gasteiger partial charge in [-0.25, -0.2) is 4.79 Å². The Kier molecular flexibility index (Phi) is 9.78. The summed E-state index contributed by atoms with van der Waals surface area (Å²) in [5.74, 6) is -2.35. The molecule has 6 atom stereocenters. The van der Waals surface area contributed by atoms with Crippen LogP contribution < -0.4 is 4.74 Å². The van der Waals surface area contributed by atoms with Crippen LogP contribution in [0.3, 0.4) is 0 Å². The molecule has 0 saturated carbocycles. The van der Waals surface area contributed by atoms with Crippen molar-refractivity contribution in [2.45, 2.75) is 83.5 Å². The van der Waals surface area contributed by atoms with Gasteiger partial charge in [0.15, 0.2) is 0 Å². The topological polar surface area (TPSA) is 106 Å². The standard InChI is InChI=1S/C32H40F3NO7/c1-18-10-6-7-11-20(18)26-28(43-17-22(37)21-16-19(32(33,34)35)13-14-23(21)41-5)25(31(2,3)4)27(30(39)40)36(26)29(38)24-12-8-9-15-42-24/h6-7,10-11,13-14,16,22,24-28,37H,8-9,12,15,17H2,1-5H3,(H,39,40)/t22?,24-,25+,26-,27-,28-/m0/s1. The number of carboxylic acids is 1. The first-order valence-electron chi connectivity index (χ1n) is 14.4. The normalized spacial score (nSPS) is 25.4. The molecule has 0 spiro atoms. The fraction of sp³-hybridized carbons (Fsp3) is 0.562. The van der Waals surface area contributed by atoms with Crippen molar-refractivity contribution in [2.24, 2.45) is 11.3 Å². The molecule has 0 aliphatic carbocycles. The summed E-state index contributed by atoms with van der Waals surface area (Å²) in [6.45, 7) is 7.35. The number of rotatable bonds is 8. The third-order valence-corrected chi connectivity index (χ3v) is 8.44. The highest BCUT2D eigenvalue weighted by atomic mass is 19.4. The average molecular weight is 608 g/mol. The number of ether oxygens (including phenoxy) is 3. The second-order valence-corrected chi connectivity index (χ2v) is 12.3. The van der Waals surface area contributed by atoms with E-state index in [4.69, 9.17) is 14.2 Å². The first kappa shape index (κ1) is 32.8. The number of aryl methyl sites for hydroxylation is 1. The maximum atomic E-state index is 14.1. The number of benzene rings is 2. The van der Waals surface area contributed by atoms with E-state index < -0.39 is 72.0 Å². The first-order valence-corrected chi connectivity index (χ1v) is 14.4. The van der Waals surface area contributed by atoms with Gasteiger partial charge in [0.1, 0.15) is 24.0 Å². The van der Waals surface area contributed by atoms with E-state index in [1.54, 1.807) is 6.07 Å². The van der Waals surface area contributed by atoms with Crippen LogP contribution in [0.25, 0.3) is 0 Å². The van der Waals surface area contributed by atoms with Gasteiger partial charge in [0.05, 0.1) is 31.4 Å². The van der Waals surface area contributed by atoms with Gasteiger partial charge in [-0.3, -0.25) is 4.79 Å². The van der Waals surface area contributed by atoms with E-state index in [0.29, 0.717) is 18.6 Å². The van der Waals surface area contributed by atoms with Crippen LogP contribution in [0.5, 0.6) is 5.75 Å². The summed E-state index contributed by atoms with van der Waals surface area (Å²) in [7, 11) is 1.29. The third kappa shape index (κ3) is 6.84. The molecule has 0 aromatic heterocycles. The number of amides is 1. The van der Waals surface area contributed by atoms with Crippen molar-refractivity contribution in [1.82, 2.24) is 4.90 Å². The second-order valence-electron chi connectivity index (χ2n) is 12.3. The number of carbonyl (C=O) groups is 2. The molecule has 2 aliphatic rings. The Morgan fingerprint density at radius 2 is 1.81 bits per heavy atom. The minimum Gasteiger partial charge on any atom is -0.496 e. The molecular formula is C32H40F3NO7. The maximum absolute atomic E-state index is 14.1. The van der Waals surface area contributed by atoms with Crippen LogP contribution >= 0.6 is 0 Å². The molecular weight excluding hydrogens is 567 g/mol. The van der Waals surface area contributed by atoms with Crippen molar-refractivity contribution in [3.05, 3.63) is 64.7 Å². The predicted octanol–water partition coefficient (Wildman–Crippen LogP) is 5.71. The molecule has 2 saturated heterocycles. The monoisotopic (exact) mass is 607 g/mol. The van der Waals surface area contributed by atoms with Gasteiger partial charge in [-0.15, -0.1) is 0 Å². The minimum atomic E-state index is -4.64. The zero-order valence-electron chi connectivity index (χ0n) is 25.1. The molecule has 2 heterocycles. The van der Waals surface area contributed by atoms with Crippen LogP contribution in [0.15, 0.2) is 42.5 Å². The summed E-state index contributed by atoms with van der Waals surface area (Å²) >= 11 is 0. The minimum absolute atomic E-state index is 0.0491. The molecule has 43 heavy (non-hydrogen) atoms. The zero-order chi connectivity index (χ0) is 31.7. The summed E-state index contributed by atoms with van der Waals surface area (Å²) in [4.78, 5) is 28.5. The van der Waals surface area contributed by atoms with Gasteiger partial charge in [0.2, 0.25) is 0 Å². The highest BCUT2D eigenvalue weighted by molar-refractivity contribution is 5.88. The summed E-state index contributed by atoms with van der Waals surface area (Å²) in [6, 6.07) is 7.97. The summed E-state index contributed by atoms with van der Waals surface area (Å²) in [5, 5.41) is 21.7. The van der Waals surface area contributed by atoms with E-state index in [9.17, 15) is 33.0 Å². The van der Waals surface area contributed by atoms with Gasteiger partial charge in [0, 0.05) is 18.1 Å². The van der Waals surface area contributed by atoms with E-state index in [2.05, 4.69) is 0 Å². The number of aliphatic carboxylic acids is 1. The van der Waals surface area contributed by atoms with Crippen LogP contribution in [0.1, 0.15) is 74.4 Å². The lowest BCUT2D eigenvalue weighted by molar-refractivity contribution is -0.159. The molecule has 11 heteroatoms.